The number of benzene rings is 1. The fraction of sp³-hybridized carbons (Fsp3) is 0.364. The molecule has 2 heterocycles. The van der Waals surface area contributed by atoms with E-state index in [2.05, 4.69) is 15.5 Å². The Labute approximate surface area is 193 Å². The number of carbonyl (C=O) groups excluding carboxylic acids is 2. The van der Waals surface area contributed by atoms with E-state index in [1.807, 2.05) is 30.3 Å². The minimum absolute atomic E-state index is 0.0578. The number of thiophene rings is 1. The van der Waals surface area contributed by atoms with Crippen LogP contribution in [0.25, 0.3) is 0 Å². The van der Waals surface area contributed by atoms with E-state index in [-0.39, 0.29) is 17.3 Å². The van der Waals surface area contributed by atoms with Crippen LogP contribution in [0.5, 0.6) is 0 Å². The number of hydrogen-bond acceptors (Lipinski definition) is 7. The minimum atomic E-state index is -0.420. The van der Waals surface area contributed by atoms with Crippen LogP contribution < -0.4 is 11.0 Å². The van der Waals surface area contributed by atoms with Crippen LogP contribution in [0.1, 0.15) is 45.6 Å². The summed E-state index contributed by atoms with van der Waals surface area (Å²) >= 11 is 2.63. The highest BCUT2D eigenvalue weighted by molar-refractivity contribution is 7.99. The third kappa shape index (κ3) is 4.97. The van der Waals surface area contributed by atoms with Gasteiger partial charge in [0, 0.05) is 4.88 Å². The summed E-state index contributed by atoms with van der Waals surface area (Å²) < 4.78 is 6.49. The summed E-state index contributed by atoms with van der Waals surface area (Å²) in [6.07, 6.45) is 4.97. The molecule has 0 unspecified atom stereocenters. The van der Waals surface area contributed by atoms with Gasteiger partial charge in [0.05, 0.1) is 25.0 Å². The maximum absolute atomic E-state index is 12.7. The van der Waals surface area contributed by atoms with Crippen LogP contribution in [-0.2, 0) is 28.9 Å². The number of nitrogens with one attached hydrogen (secondary N) is 2. The quantitative estimate of drug-likeness (QED) is 0.310. The molecule has 1 aliphatic carbocycles. The van der Waals surface area contributed by atoms with Gasteiger partial charge in [-0.25, -0.2) is 14.7 Å². The fourth-order valence-corrected chi connectivity index (χ4v) is 5.80. The van der Waals surface area contributed by atoms with Gasteiger partial charge in [0.15, 0.2) is 5.16 Å². The molecule has 1 amide bonds. The topological polar surface area (TPSA) is 106 Å². The van der Waals surface area contributed by atoms with E-state index in [0.29, 0.717) is 22.3 Å². The molecule has 1 aromatic carbocycles. The van der Waals surface area contributed by atoms with Gasteiger partial charge < -0.3 is 10.1 Å². The maximum Gasteiger partial charge on any atom is 0.344 e. The van der Waals surface area contributed by atoms with Gasteiger partial charge in [0.25, 0.3) is 0 Å². The zero-order chi connectivity index (χ0) is 22.5. The van der Waals surface area contributed by atoms with E-state index in [1.165, 1.54) is 34.8 Å². The van der Waals surface area contributed by atoms with Gasteiger partial charge in [-0.15, -0.1) is 16.4 Å². The van der Waals surface area contributed by atoms with Crippen molar-refractivity contribution < 1.29 is 14.3 Å². The molecule has 0 spiro atoms. The zero-order valence-electron chi connectivity index (χ0n) is 17.7. The van der Waals surface area contributed by atoms with E-state index in [4.69, 9.17) is 4.74 Å². The summed E-state index contributed by atoms with van der Waals surface area (Å²) in [5, 5.41) is 10.4. The second kappa shape index (κ2) is 10.2. The predicted molar refractivity (Wildman–Crippen MR) is 125 cm³/mol. The van der Waals surface area contributed by atoms with Gasteiger partial charge in [-0.2, -0.15) is 0 Å². The molecule has 2 aromatic heterocycles. The number of hydrogen-bond donors (Lipinski definition) is 2. The SMILES string of the molecule is COC(=O)c1c(NC(=O)CSc2n[nH]c(=O)n2Cc2ccccc2)sc2c1CCCCC2. The Kier molecular flexibility index (Phi) is 7.11. The summed E-state index contributed by atoms with van der Waals surface area (Å²) in [7, 11) is 1.36. The maximum atomic E-state index is 12.7. The molecule has 0 atom stereocenters. The molecule has 0 radical (unpaired) electrons. The number of methoxy groups -OCH3 is 1. The first-order valence-electron chi connectivity index (χ1n) is 10.4. The van der Waals surface area contributed by atoms with E-state index >= 15 is 0 Å². The molecule has 10 heteroatoms. The number of esters is 1. The molecular weight excluding hydrogens is 448 g/mol. The smallest absolute Gasteiger partial charge is 0.344 e. The van der Waals surface area contributed by atoms with E-state index in [1.54, 1.807) is 0 Å². The summed E-state index contributed by atoms with van der Waals surface area (Å²) in [6, 6.07) is 9.57. The molecular formula is C22H24N4O4S2. The second-order valence-corrected chi connectivity index (χ2v) is 9.53. The van der Waals surface area contributed by atoms with E-state index < -0.39 is 5.97 Å². The van der Waals surface area contributed by atoms with Crippen molar-refractivity contribution in [2.75, 3.05) is 18.2 Å². The Hall–Kier alpha value is -2.85. The van der Waals surface area contributed by atoms with Crippen molar-refractivity contribution in [1.29, 1.82) is 0 Å². The van der Waals surface area contributed by atoms with E-state index in [0.717, 1.165) is 48.1 Å². The highest BCUT2D eigenvalue weighted by Crippen LogP contribution is 2.38. The predicted octanol–water partition coefficient (Wildman–Crippen LogP) is 3.47. The number of H-pyrrole nitrogens is 1. The average molecular weight is 473 g/mol. The van der Waals surface area contributed by atoms with Crippen LogP contribution in [0.3, 0.4) is 0 Å². The Bertz CT molecular complexity index is 1170. The van der Waals surface area contributed by atoms with Crippen molar-refractivity contribution in [3.63, 3.8) is 0 Å². The first-order chi connectivity index (χ1) is 15.6. The Morgan fingerprint density at radius 1 is 1.22 bits per heavy atom. The molecule has 168 valence electrons. The van der Waals surface area contributed by atoms with Crippen LogP contribution in [0.2, 0.25) is 0 Å². The van der Waals surface area contributed by atoms with Crippen LogP contribution in [0.15, 0.2) is 40.3 Å². The number of rotatable bonds is 7. The van der Waals surface area contributed by atoms with Gasteiger partial charge in [0.2, 0.25) is 5.91 Å². The average Bonchev–Trinajstić information content (AvgIpc) is 3.22. The van der Waals surface area contributed by atoms with Crippen LogP contribution in [0, 0.1) is 0 Å². The molecule has 0 aliphatic heterocycles. The molecule has 1 aliphatic rings. The lowest BCUT2D eigenvalue weighted by Crippen LogP contribution is -2.19. The molecule has 8 nitrogen and oxygen atoms in total. The Morgan fingerprint density at radius 2 is 2.00 bits per heavy atom. The number of anilines is 1. The van der Waals surface area contributed by atoms with E-state index in [9.17, 15) is 14.4 Å². The monoisotopic (exact) mass is 472 g/mol. The Balaban J connectivity index is 1.46. The standard InChI is InChI=1S/C22H24N4O4S2/c1-30-20(28)18-15-10-6-3-7-11-16(15)32-19(18)23-17(27)13-31-22-25-24-21(29)26(22)12-14-8-4-2-5-9-14/h2,4-5,8-9H,3,6-7,10-13H2,1H3,(H,23,27)(H,24,29). The summed E-state index contributed by atoms with van der Waals surface area (Å²) in [5.74, 6) is -0.628. The van der Waals surface area contributed by atoms with Gasteiger partial charge in [-0.1, -0.05) is 48.5 Å². The molecule has 0 fully saturated rings. The normalized spacial score (nSPS) is 13.3. The van der Waals surface area contributed by atoms with Crippen molar-refractivity contribution >= 4 is 40.0 Å². The lowest BCUT2D eigenvalue weighted by atomic mass is 10.1. The zero-order valence-corrected chi connectivity index (χ0v) is 19.3. The highest BCUT2D eigenvalue weighted by atomic mass is 32.2. The molecule has 32 heavy (non-hydrogen) atoms. The molecule has 0 bridgehead atoms. The highest BCUT2D eigenvalue weighted by Gasteiger charge is 2.26. The lowest BCUT2D eigenvalue weighted by Gasteiger charge is -2.08. The number of fused-ring (bicyclic) bond motifs is 1. The number of aromatic nitrogens is 3. The second-order valence-electron chi connectivity index (χ2n) is 7.48. The van der Waals surface area contributed by atoms with Crippen molar-refractivity contribution in [3.05, 3.63) is 62.4 Å². The molecule has 3 aromatic rings. The third-order valence-corrected chi connectivity index (χ3v) is 7.49. The summed E-state index contributed by atoms with van der Waals surface area (Å²) in [5.41, 5.74) is 2.12. The largest absolute Gasteiger partial charge is 0.465 e. The number of amides is 1. The van der Waals surface area contributed by atoms with Crippen molar-refractivity contribution in [3.8, 4) is 0 Å². The number of aromatic amines is 1. The molecule has 0 saturated carbocycles. The molecule has 2 N–H and O–H groups in total. The van der Waals surface area contributed by atoms with Gasteiger partial charge >= 0.3 is 11.7 Å². The first-order valence-corrected chi connectivity index (χ1v) is 12.2. The van der Waals surface area contributed by atoms with Crippen molar-refractivity contribution in [2.24, 2.45) is 0 Å². The van der Waals surface area contributed by atoms with Gasteiger partial charge in [-0.3, -0.25) is 9.36 Å². The van der Waals surface area contributed by atoms with Crippen LogP contribution in [-0.4, -0.2) is 39.5 Å². The summed E-state index contributed by atoms with van der Waals surface area (Å²) in [4.78, 5) is 38.4. The lowest BCUT2D eigenvalue weighted by molar-refractivity contribution is -0.113. The fourth-order valence-electron chi connectivity index (χ4n) is 3.76. The van der Waals surface area contributed by atoms with Gasteiger partial charge in [0.1, 0.15) is 5.00 Å². The number of aryl methyl sites for hydroxylation is 1. The van der Waals surface area contributed by atoms with Crippen LogP contribution in [0.4, 0.5) is 5.00 Å². The number of ether oxygens (including phenoxy) is 1. The molecule has 4 rings (SSSR count). The number of thioether (sulfide) groups is 1. The van der Waals surface area contributed by atoms with Crippen LogP contribution >= 0.6 is 23.1 Å². The number of carbonyl (C=O) groups is 2. The van der Waals surface area contributed by atoms with Crippen molar-refractivity contribution in [2.45, 2.75) is 43.8 Å². The Morgan fingerprint density at radius 3 is 2.78 bits per heavy atom. The minimum Gasteiger partial charge on any atom is -0.465 e. The molecule has 0 saturated heterocycles. The third-order valence-electron chi connectivity index (χ3n) is 5.30. The van der Waals surface area contributed by atoms with Crippen molar-refractivity contribution in [1.82, 2.24) is 14.8 Å². The number of nitrogens with zero attached hydrogens (tertiary/aromatic N) is 2. The summed E-state index contributed by atoms with van der Waals surface area (Å²) in [6.45, 7) is 0.365. The first kappa shape index (κ1) is 22.3. The van der Waals surface area contributed by atoms with Gasteiger partial charge in [-0.05, 0) is 36.8 Å².